The number of nitrogens with zero attached hydrogens (tertiary/aromatic N) is 2. The Labute approximate surface area is 222 Å². The molecule has 0 radical (unpaired) electrons. The van der Waals surface area contributed by atoms with Gasteiger partial charge < -0.3 is 9.47 Å². The largest absolute Gasteiger partial charge is 0.493 e. The number of carbonyl (C=O) groups is 2. The quantitative estimate of drug-likeness (QED) is 0.166. The van der Waals surface area contributed by atoms with Crippen molar-refractivity contribution in [1.82, 2.24) is 10.9 Å². The van der Waals surface area contributed by atoms with Crippen molar-refractivity contribution in [2.75, 3.05) is 13.2 Å². The van der Waals surface area contributed by atoms with Crippen LogP contribution in [0.25, 0.3) is 0 Å². The van der Waals surface area contributed by atoms with Gasteiger partial charge in [0.25, 0.3) is 0 Å². The molecule has 0 spiro atoms. The number of nitrogens with one attached hydrogen (secondary N) is 2. The molecule has 10 heteroatoms. The third-order valence-corrected chi connectivity index (χ3v) is 5.62. The SMILES string of the molecule is CCOc1ccc(Br)cc1C=NNC(=O)CCCCCC(=O)NN=Cc1cc(Br)ccc1OCC. The fraction of sp³-hybridized carbons (Fsp3) is 0.360. The molecular weight excluding hydrogens is 580 g/mol. The van der Waals surface area contributed by atoms with Gasteiger partial charge in [-0.05, 0) is 63.1 Å². The van der Waals surface area contributed by atoms with E-state index in [2.05, 4.69) is 52.9 Å². The molecule has 0 unspecified atom stereocenters. The van der Waals surface area contributed by atoms with Gasteiger partial charge >= 0.3 is 0 Å². The number of unbranched alkanes of at least 4 members (excludes halogenated alkanes) is 2. The lowest BCUT2D eigenvalue weighted by Gasteiger charge is -2.07. The van der Waals surface area contributed by atoms with Gasteiger partial charge in [0.2, 0.25) is 11.8 Å². The van der Waals surface area contributed by atoms with E-state index in [1.54, 1.807) is 12.4 Å². The van der Waals surface area contributed by atoms with E-state index < -0.39 is 0 Å². The summed E-state index contributed by atoms with van der Waals surface area (Å²) in [4.78, 5) is 24.0. The molecule has 8 nitrogen and oxygen atoms in total. The van der Waals surface area contributed by atoms with Crippen LogP contribution < -0.4 is 20.3 Å². The van der Waals surface area contributed by atoms with Crippen LogP contribution in [0.1, 0.15) is 57.1 Å². The van der Waals surface area contributed by atoms with Crippen LogP contribution in [0.15, 0.2) is 55.5 Å². The van der Waals surface area contributed by atoms with Crippen LogP contribution in [0.4, 0.5) is 0 Å². The molecule has 2 rings (SSSR count). The van der Waals surface area contributed by atoms with Crippen molar-refractivity contribution in [3.63, 3.8) is 0 Å². The van der Waals surface area contributed by atoms with Crippen molar-refractivity contribution in [1.29, 1.82) is 0 Å². The van der Waals surface area contributed by atoms with E-state index in [4.69, 9.17) is 9.47 Å². The van der Waals surface area contributed by atoms with Gasteiger partial charge in [0.15, 0.2) is 0 Å². The average molecular weight is 610 g/mol. The third-order valence-electron chi connectivity index (χ3n) is 4.64. The normalized spacial score (nSPS) is 11.1. The molecular formula is C25H30Br2N4O4. The summed E-state index contributed by atoms with van der Waals surface area (Å²) in [6.45, 7) is 4.89. The Morgan fingerprint density at radius 2 is 1.20 bits per heavy atom. The Morgan fingerprint density at radius 1 is 0.771 bits per heavy atom. The Kier molecular flexibility index (Phi) is 13.1. The number of hydrogen-bond acceptors (Lipinski definition) is 6. The van der Waals surface area contributed by atoms with Crippen LogP contribution in [0.2, 0.25) is 0 Å². The minimum Gasteiger partial charge on any atom is -0.493 e. The highest BCUT2D eigenvalue weighted by atomic mass is 79.9. The van der Waals surface area contributed by atoms with Crippen molar-refractivity contribution >= 4 is 56.1 Å². The maximum Gasteiger partial charge on any atom is 0.240 e. The zero-order valence-electron chi connectivity index (χ0n) is 19.9. The van der Waals surface area contributed by atoms with Crippen molar-refractivity contribution in [3.8, 4) is 11.5 Å². The molecule has 0 aliphatic heterocycles. The monoisotopic (exact) mass is 608 g/mol. The van der Waals surface area contributed by atoms with Gasteiger partial charge in [-0.15, -0.1) is 0 Å². The number of hydrogen-bond donors (Lipinski definition) is 2. The summed E-state index contributed by atoms with van der Waals surface area (Å²) in [5.41, 5.74) is 6.59. The first-order valence-electron chi connectivity index (χ1n) is 11.4. The van der Waals surface area contributed by atoms with E-state index in [0.29, 0.717) is 50.4 Å². The first-order chi connectivity index (χ1) is 16.9. The minimum absolute atomic E-state index is 0.178. The lowest BCUT2D eigenvalue weighted by Crippen LogP contribution is -2.18. The third kappa shape index (κ3) is 11.0. The van der Waals surface area contributed by atoms with Crippen molar-refractivity contribution in [2.24, 2.45) is 10.2 Å². The molecule has 0 saturated heterocycles. The molecule has 0 aliphatic rings. The van der Waals surface area contributed by atoms with E-state index in [0.717, 1.165) is 26.5 Å². The zero-order chi connectivity index (χ0) is 25.5. The second kappa shape index (κ2) is 16.0. The van der Waals surface area contributed by atoms with E-state index in [-0.39, 0.29) is 11.8 Å². The topological polar surface area (TPSA) is 101 Å². The second-order valence-electron chi connectivity index (χ2n) is 7.38. The molecule has 0 heterocycles. The van der Waals surface area contributed by atoms with Crippen LogP contribution in [0.5, 0.6) is 11.5 Å². The highest BCUT2D eigenvalue weighted by molar-refractivity contribution is 9.10. The molecule has 2 amide bonds. The van der Waals surface area contributed by atoms with Crippen molar-refractivity contribution in [2.45, 2.75) is 46.0 Å². The number of benzene rings is 2. The molecule has 0 saturated carbocycles. The summed E-state index contributed by atoms with van der Waals surface area (Å²) in [7, 11) is 0. The number of hydrazone groups is 2. The van der Waals surface area contributed by atoms with Crippen LogP contribution in [-0.2, 0) is 9.59 Å². The van der Waals surface area contributed by atoms with Gasteiger partial charge in [0.05, 0.1) is 25.6 Å². The molecule has 2 aromatic rings. The second-order valence-corrected chi connectivity index (χ2v) is 9.21. The highest BCUT2D eigenvalue weighted by Crippen LogP contribution is 2.22. The molecule has 0 aliphatic carbocycles. The summed E-state index contributed by atoms with van der Waals surface area (Å²) in [5, 5.41) is 8.03. The van der Waals surface area contributed by atoms with Crippen molar-refractivity contribution in [3.05, 3.63) is 56.5 Å². The maximum absolute atomic E-state index is 12.0. The first-order valence-corrected chi connectivity index (χ1v) is 13.0. The number of amides is 2. The summed E-state index contributed by atoms with van der Waals surface area (Å²) in [6, 6.07) is 11.2. The molecule has 0 atom stereocenters. The van der Waals surface area contributed by atoms with Gasteiger partial charge in [-0.1, -0.05) is 38.3 Å². The molecule has 2 aromatic carbocycles. The summed E-state index contributed by atoms with van der Waals surface area (Å²) < 4.78 is 12.9. The number of carbonyl (C=O) groups excluding carboxylic acids is 2. The van der Waals surface area contributed by atoms with Gasteiger partial charge in [-0.25, -0.2) is 10.9 Å². The molecule has 2 N–H and O–H groups in total. The van der Waals surface area contributed by atoms with E-state index in [1.807, 2.05) is 50.2 Å². The highest BCUT2D eigenvalue weighted by Gasteiger charge is 2.05. The van der Waals surface area contributed by atoms with Gasteiger partial charge in [-0.2, -0.15) is 10.2 Å². The molecule has 0 bridgehead atoms. The summed E-state index contributed by atoms with van der Waals surface area (Å²) >= 11 is 6.83. The Balaban J connectivity index is 1.65. The van der Waals surface area contributed by atoms with Crippen molar-refractivity contribution < 1.29 is 19.1 Å². The Hall–Kier alpha value is -2.72. The van der Waals surface area contributed by atoms with Crippen LogP contribution >= 0.6 is 31.9 Å². The summed E-state index contributed by atoms with van der Waals surface area (Å²) in [5.74, 6) is 1.04. The smallest absolute Gasteiger partial charge is 0.240 e. The molecule has 188 valence electrons. The zero-order valence-corrected chi connectivity index (χ0v) is 23.0. The number of halogens is 2. The van der Waals surface area contributed by atoms with Gasteiger partial charge in [-0.3, -0.25) is 9.59 Å². The number of ether oxygens (including phenoxy) is 2. The van der Waals surface area contributed by atoms with Crippen LogP contribution in [0.3, 0.4) is 0 Å². The molecule has 0 fully saturated rings. The summed E-state index contributed by atoms with van der Waals surface area (Å²) in [6.07, 6.45) is 5.85. The first kappa shape index (κ1) is 28.5. The van der Waals surface area contributed by atoms with E-state index in [1.165, 1.54) is 0 Å². The molecule has 0 aromatic heterocycles. The van der Waals surface area contributed by atoms with E-state index in [9.17, 15) is 9.59 Å². The minimum atomic E-state index is -0.178. The average Bonchev–Trinajstić information content (AvgIpc) is 2.82. The Morgan fingerprint density at radius 3 is 1.60 bits per heavy atom. The van der Waals surface area contributed by atoms with E-state index >= 15 is 0 Å². The predicted molar refractivity (Wildman–Crippen MR) is 145 cm³/mol. The lowest BCUT2D eigenvalue weighted by molar-refractivity contribution is -0.121. The van der Waals surface area contributed by atoms with Crippen LogP contribution in [-0.4, -0.2) is 37.5 Å². The fourth-order valence-electron chi connectivity index (χ4n) is 3.02. The van der Waals surface area contributed by atoms with Crippen LogP contribution in [0, 0.1) is 0 Å². The van der Waals surface area contributed by atoms with Gasteiger partial charge in [0.1, 0.15) is 11.5 Å². The fourth-order valence-corrected chi connectivity index (χ4v) is 3.78. The maximum atomic E-state index is 12.0. The van der Waals surface area contributed by atoms with Gasteiger partial charge in [0, 0.05) is 32.9 Å². The Bertz CT molecular complexity index is 963. The standard InChI is InChI=1S/C25H30Br2N4O4/c1-3-34-22-12-10-20(26)14-18(22)16-28-30-24(32)8-6-5-7-9-25(33)31-29-17-19-15-21(27)11-13-23(19)35-4-2/h10-17H,3-9H2,1-2H3,(H,30,32)(H,31,33). The predicted octanol–water partition coefficient (Wildman–Crippen LogP) is 5.56. The molecule has 35 heavy (non-hydrogen) atoms. The lowest BCUT2D eigenvalue weighted by atomic mass is 10.1. The number of rotatable bonds is 14.